The van der Waals surface area contributed by atoms with E-state index in [4.69, 9.17) is 0 Å². The lowest BCUT2D eigenvalue weighted by Crippen LogP contribution is -1.81. The van der Waals surface area contributed by atoms with Crippen LogP contribution < -0.4 is 0 Å². The first-order valence-electron chi connectivity index (χ1n) is 6.48. The Bertz CT molecular complexity index is 924. The maximum absolute atomic E-state index is 9.56. The minimum Gasteiger partial charge on any atom is -0.493 e. The predicted octanol–water partition coefficient (Wildman–Crippen LogP) is 4.09. The molecule has 0 unspecified atom stereocenters. The molecule has 0 aliphatic heterocycles. The summed E-state index contributed by atoms with van der Waals surface area (Å²) < 4.78 is 0. The average molecular weight is 260 g/mol. The van der Waals surface area contributed by atoms with Crippen molar-refractivity contribution in [2.45, 2.75) is 0 Å². The summed E-state index contributed by atoms with van der Waals surface area (Å²) in [6.07, 6.45) is 1.62. The molecule has 0 bridgehead atoms. The molecule has 0 amide bonds. The van der Waals surface area contributed by atoms with E-state index in [0.717, 1.165) is 22.2 Å². The Hall–Kier alpha value is -2.81. The SMILES string of the molecule is Oc1cc(-c2cccc3c2[nH]c2ccccc23)ccn1. The molecule has 3 nitrogen and oxygen atoms in total. The van der Waals surface area contributed by atoms with E-state index in [1.807, 2.05) is 30.3 Å². The van der Waals surface area contributed by atoms with Gasteiger partial charge in [-0.1, -0.05) is 36.4 Å². The van der Waals surface area contributed by atoms with Crippen LogP contribution in [0.3, 0.4) is 0 Å². The highest BCUT2D eigenvalue weighted by atomic mass is 16.3. The Balaban J connectivity index is 2.10. The van der Waals surface area contributed by atoms with Gasteiger partial charge in [0.15, 0.2) is 0 Å². The fourth-order valence-electron chi connectivity index (χ4n) is 2.70. The van der Waals surface area contributed by atoms with Gasteiger partial charge in [-0.15, -0.1) is 0 Å². The molecule has 20 heavy (non-hydrogen) atoms. The van der Waals surface area contributed by atoms with E-state index in [0.29, 0.717) is 0 Å². The summed E-state index contributed by atoms with van der Waals surface area (Å²) in [6, 6.07) is 18.0. The van der Waals surface area contributed by atoms with Crippen molar-refractivity contribution < 1.29 is 5.11 Å². The van der Waals surface area contributed by atoms with Gasteiger partial charge in [-0.25, -0.2) is 4.98 Å². The van der Waals surface area contributed by atoms with Gasteiger partial charge in [-0.05, 0) is 17.7 Å². The number of H-pyrrole nitrogens is 1. The van der Waals surface area contributed by atoms with Crippen molar-refractivity contribution in [3.8, 4) is 17.0 Å². The zero-order valence-corrected chi connectivity index (χ0v) is 10.7. The van der Waals surface area contributed by atoms with Crippen LogP contribution in [0.5, 0.6) is 5.88 Å². The van der Waals surface area contributed by atoms with E-state index in [9.17, 15) is 5.11 Å². The van der Waals surface area contributed by atoms with Gasteiger partial charge in [0.25, 0.3) is 0 Å². The summed E-state index contributed by atoms with van der Waals surface area (Å²) in [5, 5.41) is 12.0. The molecule has 0 aliphatic carbocycles. The molecule has 96 valence electrons. The van der Waals surface area contributed by atoms with Crippen molar-refractivity contribution in [2.24, 2.45) is 0 Å². The number of hydrogen-bond acceptors (Lipinski definition) is 2. The highest BCUT2D eigenvalue weighted by Gasteiger charge is 2.09. The molecule has 0 fully saturated rings. The molecule has 0 saturated heterocycles. The normalized spacial score (nSPS) is 11.2. The van der Waals surface area contributed by atoms with E-state index < -0.39 is 0 Å². The molecule has 3 heteroatoms. The van der Waals surface area contributed by atoms with Crippen molar-refractivity contribution in [1.29, 1.82) is 0 Å². The molecular formula is C17H12N2O. The maximum Gasteiger partial charge on any atom is 0.211 e. The fourth-order valence-corrected chi connectivity index (χ4v) is 2.70. The van der Waals surface area contributed by atoms with Gasteiger partial charge in [0.05, 0.1) is 5.52 Å². The Morgan fingerprint density at radius 1 is 0.900 bits per heavy atom. The number of aromatic amines is 1. The minimum atomic E-state index is 0.0376. The number of rotatable bonds is 1. The van der Waals surface area contributed by atoms with Gasteiger partial charge in [-0.2, -0.15) is 0 Å². The zero-order chi connectivity index (χ0) is 13.5. The second-order valence-electron chi connectivity index (χ2n) is 4.80. The first kappa shape index (κ1) is 11.1. The molecule has 2 heterocycles. The van der Waals surface area contributed by atoms with Crippen LogP contribution in [0.1, 0.15) is 0 Å². The highest BCUT2D eigenvalue weighted by molar-refractivity contribution is 6.11. The standard InChI is InChI=1S/C17H12N2O/c20-16-10-11(8-9-18-16)12-5-3-6-14-13-4-1-2-7-15(13)19-17(12)14/h1-10,19H,(H,18,20). The average Bonchev–Trinajstić information content (AvgIpc) is 2.86. The lowest BCUT2D eigenvalue weighted by Gasteiger charge is -2.03. The molecular weight excluding hydrogens is 248 g/mol. The summed E-state index contributed by atoms with van der Waals surface area (Å²) in [4.78, 5) is 7.30. The molecule has 4 aromatic rings. The van der Waals surface area contributed by atoms with Gasteiger partial charge < -0.3 is 10.1 Å². The van der Waals surface area contributed by atoms with Crippen molar-refractivity contribution in [2.75, 3.05) is 0 Å². The largest absolute Gasteiger partial charge is 0.493 e. The number of nitrogens with one attached hydrogen (secondary N) is 1. The topological polar surface area (TPSA) is 48.9 Å². The summed E-state index contributed by atoms with van der Waals surface area (Å²) in [6.45, 7) is 0. The number of benzene rings is 2. The van der Waals surface area contributed by atoms with Crippen molar-refractivity contribution in [3.63, 3.8) is 0 Å². The first-order chi connectivity index (χ1) is 9.83. The Morgan fingerprint density at radius 3 is 2.65 bits per heavy atom. The molecule has 0 spiro atoms. The molecule has 4 rings (SSSR count). The van der Waals surface area contributed by atoms with Crippen LogP contribution in [0, 0.1) is 0 Å². The van der Waals surface area contributed by atoms with Crippen LogP contribution in [0.15, 0.2) is 60.8 Å². The molecule has 0 atom stereocenters. The van der Waals surface area contributed by atoms with Crippen molar-refractivity contribution in [1.82, 2.24) is 9.97 Å². The number of nitrogens with zero attached hydrogens (tertiary/aromatic N) is 1. The third kappa shape index (κ3) is 1.57. The summed E-state index contributed by atoms with van der Waals surface area (Å²) in [5.74, 6) is 0.0376. The quantitative estimate of drug-likeness (QED) is 0.541. The fraction of sp³-hybridized carbons (Fsp3) is 0. The third-order valence-electron chi connectivity index (χ3n) is 3.60. The summed E-state index contributed by atoms with van der Waals surface area (Å²) in [7, 11) is 0. The maximum atomic E-state index is 9.56. The lowest BCUT2D eigenvalue weighted by atomic mass is 10.0. The third-order valence-corrected chi connectivity index (χ3v) is 3.60. The zero-order valence-electron chi connectivity index (χ0n) is 10.7. The van der Waals surface area contributed by atoms with E-state index in [1.54, 1.807) is 12.3 Å². The van der Waals surface area contributed by atoms with E-state index in [2.05, 4.69) is 28.2 Å². The van der Waals surface area contributed by atoms with Crippen LogP contribution >= 0.6 is 0 Å². The number of aromatic nitrogens is 2. The van der Waals surface area contributed by atoms with Crippen LogP contribution in [-0.4, -0.2) is 15.1 Å². The molecule has 0 aliphatic rings. The van der Waals surface area contributed by atoms with Gasteiger partial charge in [0, 0.05) is 34.1 Å². The lowest BCUT2D eigenvalue weighted by molar-refractivity contribution is 0.454. The monoisotopic (exact) mass is 260 g/mol. The van der Waals surface area contributed by atoms with Crippen molar-refractivity contribution in [3.05, 3.63) is 60.8 Å². The van der Waals surface area contributed by atoms with Crippen LogP contribution in [0.2, 0.25) is 0 Å². The summed E-state index contributed by atoms with van der Waals surface area (Å²) >= 11 is 0. The van der Waals surface area contributed by atoms with E-state index in [-0.39, 0.29) is 5.88 Å². The molecule has 2 aromatic carbocycles. The molecule has 0 saturated carbocycles. The smallest absolute Gasteiger partial charge is 0.211 e. The van der Waals surface area contributed by atoms with Gasteiger partial charge in [0.2, 0.25) is 5.88 Å². The number of fused-ring (bicyclic) bond motifs is 3. The first-order valence-corrected chi connectivity index (χ1v) is 6.48. The number of pyridine rings is 1. The van der Waals surface area contributed by atoms with Gasteiger partial charge in [0.1, 0.15) is 0 Å². The number of hydrogen-bond donors (Lipinski definition) is 2. The van der Waals surface area contributed by atoms with Gasteiger partial charge in [-0.3, -0.25) is 0 Å². The second-order valence-corrected chi connectivity index (χ2v) is 4.80. The number of aromatic hydroxyl groups is 1. The highest BCUT2D eigenvalue weighted by Crippen LogP contribution is 2.33. The molecule has 2 aromatic heterocycles. The Morgan fingerprint density at radius 2 is 1.75 bits per heavy atom. The summed E-state index contributed by atoms with van der Waals surface area (Å²) in [5.41, 5.74) is 4.22. The predicted molar refractivity (Wildman–Crippen MR) is 80.7 cm³/mol. The molecule has 2 N–H and O–H groups in total. The van der Waals surface area contributed by atoms with Gasteiger partial charge >= 0.3 is 0 Å². The Labute approximate surface area is 115 Å². The second kappa shape index (κ2) is 4.10. The minimum absolute atomic E-state index is 0.0376. The number of para-hydroxylation sites is 2. The Kier molecular flexibility index (Phi) is 2.27. The van der Waals surface area contributed by atoms with Crippen LogP contribution in [-0.2, 0) is 0 Å². The van der Waals surface area contributed by atoms with E-state index >= 15 is 0 Å². The molecule has 0 radical (unpaired) electrons. The van der Waals surface area contributed by atoms with Crippen LogP contribution in [0.4, 0.5) is 0 Å². The van der Waals surface area contributed by atoms with E-state index in [1.165, 1.54) is 10.8 Å². The van der Waals surface area contributed by atoms with Crippen LogP contribution in [0.25, 0.3) is 32.9 Å². The van der Waals surface area contributed by atoms with Crippen molar-refractivity contribution >= 4 is 21.8 Å².